The lowest BCUT2D eigenvalue weighted by atomic mass is 9.62. The van der Waals surface area contributed by atoms with Crippen LogP contribution >= 0.6 is 0 Å². The fourth-order valence-corrected chi connectivity index (χ4v) is 6.77. The molecule has 0 radical (unpaired) electrons. The summed E-state index contributed by atoms with van der Waals surface area (Å²) in [5, 5.41) is 2.87. The smallest absolute Gasteiger partial charge is 0.356 e. The maximum Gasteiger partial charge on any atom is 0.430 e. The van der Waals surface area contributed by atoms with Crippen molar-refractivity contribution in [3.8, 4) is 0 Å². The number of allylic oxidation sites excluding steroid dienone is 2. The van der Waals surface area contributed by atoms with Crippen molar-refractivity contribution in [2.24, 2.45) is 5.41 Å². The van der Waals surface area contributed by atoms with E-state index in [9.17, 15) is 27.2 Å². The minimum Gasteiger partial charge on any atom is -0.356 e. The van der Waals surface area contributed by atoms with Crippen molar-refractivity contribution in [2.75, 3.05) is 26.7 Å². The summed E-state index contributed by atoms with van der Waals surface area (Å²) in [6.07, 6.45) is 1.60. The second-order valence-corrected chi connectivity index (χ2v) is 11.2. The van der Waals surface area contributed by atoms with E-state index in [2.05, 4.69) is 11.4 Å². The number of ether oxygens (including phenoxy) is 1. The summed E-state index contributed by atoms with van der Waals surface area (Å²) in [5.74, 6) is -1.79. The molecule has 40 heavy (non-hydrogen) atoms. The lowest BCUT2D eigenvalue weighted by Gasteiger charge is -2.50. The summed E-state index contributed by atoms with van der Waals surface area (Å²) < 4.78 is 63.4. The second kappa shape index (κ2) is 11.0. The number of carbonyl (C=O) groups excluding carboxylic acids is 2. The Morgan fingerprint density at radius 1 is 1.07 bits per heavy atom. The third-order valence-corrected chi connectivity index (χ3v) is 9.01. The Hall–Kier alpha value is -3.20. The third-order valence-electron chi connectivity index (χ3n) is 9.01. The first kappa shape index (κ1) is 28.3. The number of likely N-dealkylation sites (tertiary alicyclic amines) is 1. The number of amides is 2. The normalized spacial score (nSPS) is 22.8. The van der Waals surface area contributed by atoms with E-state index in [0.29, 0.717) is 24.9 Å². The Balaban J connectivity index is 1.44. The van der Waals surface area contributed by atoms with Crippen LogP contribution in [0, 0.1) is 11.2 Å². The molecule has 0 unspecified atom stereocenters. The lowest BCUT2D eigenvalue weighted by Crippen LogP contribution is -2.60. The molecule has 5 rings (SSSR count). The van der Waals surface area contributed by atoms with Crippen LogP contribution in [-0.4, -0.2) is 49.6 Å². The fraction of sp³-hybridized carbons (Fsp3) is 0.484. The molecular formula is C31H34F4N2O3. The van der Waals surface area contributed by atoms with Crippen LogP contribution in [0.1, 0.15) is 67.6 Å². The van der Waals surface area contributed by atoms with E-state index in [1.807, 2.05) is 0 Å². The van der Waals surface area contributed by atoms with Crippen LogP contribution in [0.4, 0.5) is 17.6 Å². The number of benzene rings is 2. The van der Waals surface area contributed by atoms with Gasteiger partial charge in [-0.05, 0) is 78.8 Å². The van der Waals surface area contributed by atoms with E-state index in [4.69, 9.17) is 4.74 Å². The largest absolute Gasteiger partial charge is 0.430 e. The highest BCUT2D eigenvalue weighted by Crippen LogP contribution is 2.50. The molecule has 214 valence electrons. The second-order valence-electron chi connectivity index (χ2n) is 11.2. The van der Waals surface area contributed by atoms with Crippen molar-refractivity contribution < 1.29 is 31.9 Å². The minimum absolute atomic E-state index is 0.0514. The number of nitrogens with one attached hydrogen (secondary N) is 1. The van der Waals surface area contributed by atoms with Gasteiger partial charge in [0.15, 0.2) is 0 Å². The molecule has 0 bridgehead atoms. The van der Waals surface area contributed by atoms with E-state index >= 15 is 0 Å². The molecule has 2 aliphatic heterocycles. The highest BCUT2D eigenvalue weighted by atomic mass is 19.4. The molecule has 5 nitrogen and oxygen atoms in total. The molecule has 1 N–H and O–H groups in total. The molecule has 2 aromatic rings. The quantitative estimate of drug-likeness (QED) is 0.452. The summed E-state index contributed by atoms with van der Waals surface area (Å²) in [6.45, 7) is 0.456. The Labute approximate surface area is 231 Å². The SMILES string of the molecule is CO[C@](C(=O)N1CCC2(CC1)CC(=O)NC[C@H]2c1ccc(F)cc1)(c1cccc(C2=CCCCC2)c1)C(F)(F)F. The van der Waals surface area contributed by atoms with Crippen LogP contribution in [0.5, 0.6) is 0 Å². The Morgan fingerprint density at radius 3 is 2.42 bits per heavy atom. The zero-order valence-electron chi connectivity index (χ0n) is 22.5. The van der Waals surface area contributed by atoms with Gasteiger partial charge >= 0.3 is 6.18 Å². The van der Waals surface area contributed by atoms with Gasteiger partial charge < -0.3 is 15.0 Å². The maximum atomic E-state index is 14.9. The summed E-state index contributed by atoms with van der Waals surface area (Å²) in [6, 6.07) is 12.2. The predicted molar refractivity (Wildman–Crippen MR) is 143 cm³/mol. The van der Waals surface area contributed by atoms with Gasteiger partial charge in [-0.3, -0.25) is 9.59 Å². The standard InChI is InChI=1S/C31H34F4N2O3/c1-40-30(31(33,34)35,24-9-5-8-23(18-24)21-6-3-2-4-7-21)28(39)37-16-14-29(15-17-37)19-27(38)36-20-26(29)22-10-12-25(32)13-11-22/h5-6,8-13,18,26H,2-4,7,14-17,19-20H2,1H3,(H,36,38)/t26-,30-/m0/s1. The number of alkyl halides is 3. The third kappa shape index (κ3) is 5.04. The zero-order valence-corrected chi connectivity index (χ0v) is 22.5. The zero-order chi connectivity index (χ0) is 28.5. The average molecular weight is 559 g/mol. The number of rotatable bonds is 5. The molecule has 2 amide bonds. The van der Waals surface area contributed by atoms with Gasteiger partial charge in [0.05, 0.1) is 0 Å². The Kier molecular flexibility index (Phi) is 7.79. The van der Waals surface area contributed by atoms with Crippen molar-refractivity contribution in [1.29, 1.82) is 0 Å². The van der Waals surface area contributed by atoms with E-state index in [1.54, 1.807) is 24.3 Å². The molecule has 0 aromatic heterocycles. The average Bonchev–Trinajstić information content (AvgIpc) is 2.95. The summed E-state index contributed by atoms with van der Waals surface area (Å²) >= 11 is 0. The first-order valence-electron chi connectivity index (χ1n) is 13.8. The first-order chi connectivity index (χ1) is 19.1. The maximum absolute atomic E-state index is 14.9. The van der Waals surface area contributed by atoms with Gasteiger partial charge in [-0.15, -0.1) is 0 Å². The molecular weight excluding hydrogens is 524 g/mol. The van der Waals surface area contributed by atoms with Crippen molar-refractivity contribution >= 4 is 17.4 Å². The molecule has 1 spiro atoms. The van der Waals surface area contributed by atoms with Gasteiger partial charge in [0.1, 0.15) is 5.82 Å². The Bertz CT molecular complexity index is 1280. The molecule has 0 saturated carbocycles. The van der Waals surface area contributed by atoms with Gasteiger partial charge in [-0.1, -0.05) is 36.4 Å². The van der Waals surface area contributed by atoms with Crippen molar-refractivity contribution in [2.45, 2.75) is 62.6 Å². The minimum atomic E-state index is -5.01. The molecule has 9 heteroatoms. The Morgan fingerprint density at radius 2 is 1.80 bits per heavy atom. The van der Waals surface area contributed by atoms with Crippen molar-refractivity contribution in [3.63, 3.8) is 0 Å². The number of nitrogens with zero attached hydrogens (tertiary/aromatic N) is 1. The van der Waals surface area contributed by atoms with Crippen LogP contribution in [0.3, 0.4) is 0 Å². The monoisotopic (exact) mass is 558 g/mol. The van der Waals surface area contributed by atoms with E-state index < -0.39 is 23.1 Å². The van der Waals surface area contributed by atoms with Crippen LogP contribution in [0.25, 0.3) is 5.57 Å². The van der Waals surface area contributed by atoms with E-state index in [1.165, 1.54) is 29.2 Å². The summed E-state index contributed by atoms with van der Waals surface area (Å²) in [4.78, 5) is 27.5. The van der Waals surface area contributed by atoms with Gasteiger partial charge in [0, 0.05) is 44.6 Å². The number of halogens is 4. The summed E-state index contributed by atoms with van der Waals surface area (Å²) in [7, 11) is 0.930. The predicted octanol–water partition coefficient (Wildman–Crippen LogP) is 6.10. The van der Waals surface area contributed by atoms with Gasteiger partial charge in [-0.25, -0.2) is 4.39 Å². The van der Waals surface area contributed by atoms with Gasteiger partial charge in [0.2, 0.25) is 5.91 Å². The van der Waals surface area contributed by atoms with E-state index in [0.717, 1.165) is 43.9 Å². The molecule has 2 atom stereocenters. The molecule has 2 heterocycles. The highest BCUT2D eigenvalue weighted by Gasteiger charge is 2.64. The number of hydrogen-bond acceptors (Lipinski definition) is 3. The van der Waals surface area contributed by atoms with Crippen molar-refractivity contribution in [1.82, 2.24) is 10.2 Å². The number of hydrogen-bond donors (Lipinski definition) is 1. The molecule has 2 saturated heterocycles. The first-order valence-corrected chi connectivity index (χ1v) is 13.8. The number of carbonyl (C=O) groups is 2. The number of methoxy groups -OCH3 is 1. The van der Waals surface area contributed by atoms with Crippen LogP contribution in [0.2, 0.25) is 0 Å². The molecule has 2 fully saturated rings. The van der Waals surface area contributed by atoms with Crippen LogP contribution in [0.15, 0.2) is 54.6 Å². The van der Waals surface area contributed by atoms with E-state index in [-0.39, 0.29) is 42.7 Å². The fourth-order valence-electron chi connectivity index (χ4n) is 6.77. The topological polar surface area (TPSA) is 58.6 Å². The van der Waals surface area contributed by atoms with Gasteiger partial charge in [-0.2, -0.15) is 13.2 Å². The van der Waals surface area contributed by atoms with Gasteiger partial charge in [0.25, 0.3) is 11.5 Å². The lowest BCUT2D eigenvalue weighted by molar-refractivity contribution is -0.271. The molecule has 3 aliphatic rings. The number of piperidine rings is 2. The summed E-state index contributed by atoms with van der Waals surface area (Å²) in [5.41, 5.74) is -1.42. The van der Waals surface area contributed by atoms with Crippen molar-refractivity contribution in [3.05, 3.63) is 77.1 Å². The van der Waals surface area contributed by atoms with Crippen LogP contribution in [-0.2, 0) is 19.9 Å². The highest BCUT2D eigenvalue weighted by molar-refractivity contribution is 5.88. The van der Waals surface area contributed by atoms with Crippen LogP contribution < -0.4 is 5.32 Å². The molecule has 2 aromatic carbocycles. The molecule has 1 aliphatic carbocycles.